The van der Waals surface area contributed by atoms with Crippen molar-refractivity contribution in [3.05, 3.63) is 17.7 Å². The topological polar surface area (TPSA) is 95.9 Å². The van der Waals surface area contributed by atoms with Gasteiger partial charge in [0.15, 0.2) is 23.7 Å². The second kappa shape index (κ2) is 11.6. The number of imidazole rings is 1. The fraction of sp³-hybridized carbons (Fsp3) is 0.619. The number of benzene rings is 1. The lowest BCUT2D eigenvalue weighted by molar-refractivity contribution is -0.215. The van der Waals surface area contributed by atoms with Gasteiger partial charge >= 0.3 is 6.03 Å². The molecule has 0 spiro atoms. The third-order valence-electron chi connectivity index (χ3n) is 5.09. The molecule has 0 aliphatic carbocycles. The number of halogens is 4. The maximum atomic E-state index is 14.7. The first-order valence-electron chi connectivity index (χ1n) is 10.9. The monoisotopic (exact) mass is 492 g/mol. The molecule has 0 bridgehead atoms. The molecule has 0 radical (unpaired) electrons. The lowest BCUT2D eigenvalue weighted by atomic mass is 10.2. The zero-order valence-electron chi connectivity index (χ0n) is 19.1. The van der Waals surface area contributed by atoms with Crippen molar-refractivity contribution in [3.8, 4) is 11.8 Å². The van der Waals surface area contributed by atoms with Gasteiger partial charge in [0.05, 0.1) is 13.2 Å². The van der Waals surface area contributed by atoms with E-state index in [-0.39, 0.29) is 42.3 Å². The van der Waals surface area contributed by atoms with Crippen LogP contribution in [0, 0.1) is 11.6 Å². The van der Waals surface area contributed by atoms with E-state index in [4.69, 9.17) is 14.2 Å². The third-order valence-corrected chi connectivity index (χ3v) is 5.09. The molecule has 34 heavy (non-hydrogen) atoms. The van der Waals surface area contributed by atoms with E-state index in [9.17, 15) is 22.4 Å². The molecule has 2 N–H and O–H groups in total. The van der Waals surface area contributed by atoms with Crippen LogP contribution in [0.1, 0.15) is 26.7 Å². The van der Waals surface area contributed by atoms with Crippen LogP contribution in [0.4, 0.5) is 22.4 Å². The Morgan fingerprint density at radius 3 is 2.68 bits per heavy atom. The number of ether oxygens (including phenoxy) is 4. The van der Waals surface area contributed by atoms with Crippen molar-refractivity contribution in [2.24, 2.45) is 7.05 Å². The third kappa shape index (κ3) is 6.41. The highest BCUT2D eigenvalue weighted by Gasteiger charge is 2.27. The summed E-state index contributed by atoms with van der Waals surface area (Å²) in [5.41, 5.74) is -0.591. The molecule has 2 amide bonds. The molecule has 1 aliphatic rings. The molecular weight excluding hydrogens is 464 g/mol. The summed E-state index contributed by atoms with van der Waals surface area (Å²) in [4.78, 5) is 15.5. The first-order chi connectivity index (χ1) is 16.2. The minimum Gasteiger partial charge on any atom is -0.484 e. The van der Waals surface area contributed by atoms with E-state index in [1.165, 1.54) is 11.6 Å². The Morgan fingerprint density at radius 2 is 2.03 bits per heavy atom. The second-order valence-corrected chi connectivity index (χ2v) is 7.84. The number of hydrogen-bond acceptors (Lipinski definition) is 6. The van der Waals surface area contributed by atoms with E-state index in [2.05, 4.69) is 20.4 Å². The number of carbonyl (C=O) groups is 1. The van der Waals surface area contributed by atoms with Crippen LogP contribution in [-0.4, -0.2) is 66.8 Å². The highest BCUT2D eigenvalue weighted by Crippen LogP contribution is 2.32. The van der Waals surface area contributed by atoms with Gasteiger partial charge in [-0.05, 0) is 20.3 Å². The van der Waals surface area contributed by atoms with Crippen LogP contribution in [0.2, 0.25) is 0 Å². The summed E-state index contributed by atoms with van der Waals surface area (Å²) in [5.74, 6) is -2.59. The minimum atomic E-state index is -2.83. The molecule has 1 saturated heterocycles. The Hall–Kier alpha value is -2.80. The largest absolute Gasteiger partial charge is 0.484 e. The normalized spacial score (nSPS) is 19.3. The van der Waals surface area contributed by atoms with Gasteiger partial charge in [-0.25, -0.2) is 22.4 Å². The van der Waals surface area contributed by atoms with Crippen LogP contribution in [-0.2, 0) is 16.5 Å². The molecule has 1 aromatic carbocycles. The van der Waals surface area contributed by atoms with Crippen LogP contribution in [0.3, 0.4) is 0 Å². The summed E-state index contributed by atoms with van der Waals surface area (Å²) in [5, 5.41) is 5.46. The summed E-state index contributed by atoms with van der Waals surface area (Å²) in [6.07, 6.45) is -2.72. The second-order valence-electron chi connectivity index (χ2n) is 7.84. The molecule has 1 fully saturated rings. The average Bonchev–Trinajstić information content (AvgIpc) is 3.11. The lowest BCUT2D eigenvalue weighted by Crippen LogP contribution is -2.42. The number of fused-ring (bicyclic) bond motifs is 1. The van der Waals surface area contributed by atoms with Crippen molar-refractivity contribution in [1.29, 1.82) is 0 Å². The van der Waals surface area contributed by atoms with E-state index in [0.717, 1.165) is 0 Å². The molecule has 1 atom stereocenters. The number of aryl methyl sites for hydroxylation is 1. The number of urea groups is 1. The fourth-order valence-electron chi connectivity index (χ4n) is 3.43. The first kappa shape index (κ1) is 25.8. The molecule has 3 rings (SSSR count). The van der Waals surface area contributed by atoms with Gasteiger partial charge in [-0.1, -0.05) is 0 Å². The SMILES string of the molecule is CCNC(=O)N[C@@H](C)CCC1OCC(Oc2nc3c(F)cc(OCC(F)F)c(F)c3n2C)CO1. The quantitative estimate of drug-likeness (QED) is 0.495. The number of hydrogen-bond donors (Lipinski definition) is 2. The van der Waals surface area contributed by atoms with Crippen molar-refractivity contribution < 1.29 is 41.3 Å². The van der Waals surface area contributed by atoms with Crippen LogP contribution in [0.5, 0.6) is 11.8 Å². The number of alkyl halides is 2. The Labute approximate surface area is 193 Å². The number of nitrogens with one attached hydrogen (secondary N) is 2. The van der Waals surface area contributed by atoms with E-state index in [1.807, 2.05) is 13.8 Å². The summed E-state index contributed by atoms with van der Waals surface area (Å²) in [6, 6.07) is 0.272. The van der Waals surface area contributed by atoms with E-state index >= 15 is 0 Å². The van der Waals surface area contributed by atoms with Gasteiger partial charge in [0.1, 0.15) is 23.7 Å². The molecule has 0 unspecified atom stereocenters. The highest BCUT2D eigenvalue weighted by molar-refractivity contribution is 5.80. The number of amides is 2. The Balaban J connectivity index is 1.56. The predicted molar refractivity (Wildman–Crippen MR) is 113 cm³/mol. The first-order valence-corrected chi connectivity index (χ1v) is 10.9. The molecule has 190 valence electrons. The summed E-state index contributed by atoms with van der Waals surface area (Å²) in [7, 11) is 1.40. The van der Waals surface area contributed by atoms with Crippen LogP contribution < -0.4 is 20.1 Å². The molecule has 1 aromatic heterocycles. The van der Waals surface area contributed by atoms with Crippen LogP contribution in [0.15, 0.2) is 6.07 Å². The predicted octanol–water partition coefficient (Wildman–Crippen LogP) is 3.10. The molecular formula is C21H28F4N4O5. The molecule has 9 nitrogen and oxygen atoms in total. The minimum absolute atomic E-state index is 0.0768. The van der Waals surface area contributed by atoms with Gasteiger partial charge in [-0.2, -0.15) is 4.98 Å². The Kier molecular flexibility index (Phi) is 8.78. The van der Waals surface area contributed by atoms with Crippen molar-refractivity contribution in [1.82, 2.24) is 20.2 Å². The van der Waals surface area contributed by atoms with Gasteiger partial charge in [0.2, 0.25) is 0 Å². The van der Waals surface area contributed by atoms with Crippen molar-refractivity contribution in [2.45, 2.75) is 51.6 Å². The van der Waals surface area contributed by atoms with E-state index in [1.54, 1.807) is 0 Å². The molecule has 13 heteroatoms. The fourth-order valence-corrected chi connectivity index (χ4v) is 3.43. The zero-order chi connectivity index (χ0) is 24.8. The molecule has 2 heterocycles. The average molecular weight is 492 g/mol. The zero-order valence-corrected chi connectivity index (χ0v) is 19.1. The van der Waals surface area contributed by atoms with Gasteiger partial charge < -0.3 is 29.6 Å². The summed E-state index contributed by atoms with van der Waals surface area (Å²) >= 11 is 0. The smallest absolute Gasteiger partial charge is 0.314 e. The van der Waals surface area contributed by atoms with Gasteiger partial charge in [-0.3, -0.25) is 4.57 Å². The number of aromatic nitrogens is 2. The van der Waals surface area contributed by atoms with E-state index in [0.29, 0.717) is 25.5 Å². The van der Waals surface area contributed by atoms with Gasteiger partial charge in [-0.15, -0.1) is 0 Å². The van der Waals surface area contributed by atoms with Crippen molar-refractivity contribution >= 4 is 17.1 Å². The maximum absolute atomic E-state index is 14.7. The number of carbonyl (C=O) groups excluding carboxylic acids is 1. The van der Waals surface area contributed by atoms with Gasteiger partial charge in [0, 0.05) is 32.1 Å². The van der Waals surface area contributed by atoms with Crippen LogP contribution >= 0.6 is 0 Å². The number of rotatable bonds is 10. The van der Waals surface area contributed by atoms with E-state index < -0.39 is 42.8 Å². The summed E-state index contributed by atoms with van der Waals surface area (Å²) in [6.45, 7) is 3.47. The lowest BCUT2D eigenvalue weighted by Gasteiger charge is -2.30. The summed E-state index contributed by atoms with van der Waals surface area (Å²) < 4.78 is 76.8. The van der Waals surface area contributed by atoms with Gasteiger partial charge in [0.25, 0.3) is 12.4 Å². The Morgan fingerprint density at radius 1 is 1.32 bits per heavy atom. The molecule has 1 aliphatic heterocycles. The molecule has 2 aromatic rings. The highest BCUT2D eigenvalue weighted by atomic mass is 19.3. The van der Waals surface area contributed by atoms with Crippen molar-refractivity contribution in [2.75, 3.05) is 26.4 Å². The Bertz CT molecular complexity index is 982. The van der Waals surface area contributed by atoms with Crippen LogP contribution in [0.25, 0.3) is 11.0 Å². The molecule has 0 saturated carbocycles. The maximum Gasteiger partial charge on any atom is 0.314 e. The number of nitrogens with zero attached hydrogens (tertiary/aromatic N) is 2. The van der Waals surface area contributed by atoms with Crippen molar-refractivity contribution in [3.63, 3.8) is 0 Å². The standard InChI is InChI=1S/C21H28F4N4O5/c1-4-26-20(30)27-11(2)5-6-16-32-8-12(9-33-16)34-21-28-18-13(22)7-14(31-10-15(23)24)17(25)19(18)29(21)3/h7,11-12,15-16H,4-6,8-10H2,1-3H3,(H2,26,27,30)/t11-,12?,16?/m0/s1.